The minimum atomic E-state index is -3.80. The van der Waals surface area contributed by atoms with Crippen molar-refractivity contribution in [3.63, 3.8) is 0 Å². The summed E-state index contributed by atoms with van der Waals surface area (Å²) in [5, 5.41) is 51.6. The first kappa shape index (κ1) is 93.9. The topological polar surface area (TPSA) is 543 Å². The molecule has 6 heterocycles. The summed E-state index contributed by atoms with van der Waals surface area (Å²) in [5.41, 5.74) is 25.6. The Bertz CT molecular complexity index is 6330. The van der Waals surface area contributed by atoms with E-state index in [-0.39, 0.29) is 31.6 Å². The summed E-state index contributed by atoms with van der Waals surface area (Å²) >= 11 is 5.15. The Labute approximate surface area is 701 Å². The number of carbonyl (C=O) groups is 2. The number of hydrogen-bond donors (Lipinski definition) is 10. The van der Waals surface area contributed by atoms with Crippen LogP contribution in [-0.4, -0.2) is 95.4 Å². The maximum atomic E-state index is 12.5. The van der Waals surface area contributed by atoms with E-state index in [1.54, 1.807) is 55.0 Å². The normalized spacial score (nSPS) is 10.7. The number of aryl methyl sites for hydroxylation is 5. The van der Waals surface area contributed by atoms with Crippen LogP contribution >= 0.6 is 11.6 Å². The summed E-state index contributed by atoms with van der Waals surface area (Å²) in [7, 11) is -14.4. The lowest BCUT2D eigenvalue weighted by Crippen LogP contribution is -2.15. The third-order valence-corrected chi connectivity index (χ3v) is 18.9. The largest absolute Gasteiger partial charge is 0.399 e. The molecule has 0 unspecified atom stereocenters. The summed E-state index contributed by atoms with van der Waals surface area (Å²) < 4.78 is 100. The molecule has 0 atom stereocenters. The quantitative estimate of drug-likeness (QED) is 0.0141. The molecule has 33 nitrogen and oxygen atoms in total. The lowest BCUT2D eigenvalue weighted by atomic mass is 10.2. The third kappa shape index (κ3) is 31.3. The van der Waals surface area contributed by atoms with E-state index in [4.69, 9.17) is 43.5 Å². The number of nitro groups is 2. The van der Waals surface area contributed by atoms with Gasteiger partial charge in [0.05, 0.1) is 37.2 Å². The van der Waals surface area contributed by atoms with Crippen molar-refractivity contribution >= 4 is 137 Å². The molecule has 16 N–H and O–H groups in total. The lowest BCUT2D eigenvalue weighted by molar-refractivity contribution is -0.388. The first-order valence-electron chi connectivity index (χ1n) is 35.2. The van der Waals surface area contributed by atoms with Crippen LogP contribution in [0.1, 0.15) is 48.5 Å². The highest BCUT2D eigenvalue weighted by molar-refractivity contribution is 7.89. The van der Waals surface area contributed by atoms with Crippen LogP contribution in [0, 0.1) is 60.8 Å². The molecule has 39 heteroatoms. The van der Waals surface area contributed by atoms with Gasteiger partial charge in [-0.1, -0.05) is 88.5 Å². The fourth-order valence-electron chi connectivity index (χ4n) is 9.82. The molecule has 0 saturated carbocycles. The average Bonchev–Trinajstić information content (AvgIpc) is 1.62. The van der Waals surface area contributed by atoms with Gasteiger partial charge >= 0.3 is 11.5 Å². The van der Waals surface area contributed by atoms with Gasteiger partial charge in [0.15, 0.2) is 11.5 Å². The van der Waals surface area contributed by atoms with Crippen LogP contribution in [0.3, 0.4) is 0 Å². The van der Waals surface area contributed by atoms with Crippen LogP contribution in [0.25, 0.3) is 28.2 Å². The van der Waals surface area contributed by atoms with E-state index in [9.17, 15) is 67.9 Å². The van der Waals surface area contributed by atoms with Crippen LogP contribution < -0.4 is 53.3 Å². The summed E-state index contributed by atoms with van der Waals surface area (Å²) in [5.74, 6) is -0.0811. The number of sulfonamides is 4. The monoisotopic (exact) mass is 1740 g/mol. The Hall–Kier alpha value is -14.2. The minimum absolute atomic E-state index is 0.0471. The zero-order chi connectivity index (χ0) is 88.8. The molecule has 626 valence electrons. The van der Waals surface area contributed by atoms with Crippen molar-refractivity contribution in [1.29, 1.82) is 0 Å². The average molecular weight is 1740 g/mol. The molecule has 0 aliphatic heterocycles. The number of anilines is 9. The van der Waals surface area contributed by atoms with Crippen molar-refractivity contribution in [3.8, 4) is 17.1 Å². The molecule has 0 saturated heterocycles. The van der Waals surface area contributed by atoms with Crippen LogP contribution in [-0.2, 0) is 40.1 Å². The van der Waals surface area contributed by atoms with E-state index in [1.165, 1.54) is 84.1 Å². The maximum absolute atomic E-state index is 12.5. The fraction of sp³-hybridized carbons (Fsp3) is 0.0732. The number of rotatable bonds is 16. The number of nitrogens with one attached hydrogen (secondary N) is 4. The number of hydrogen-bond acceptors (Lipinski definition) is 25. The first-order chi connectivity index (χ1) is 57.1. The molecule has 6 aromatic heterocycles. The smallest absolute Gasteiger partial charge is 0.387 e. The molecule has 0 spiro atoms. The number of imidazole rings is 1. The van der Waals surface area contributed by atoms with E-state index in [0.717, 1.165) is 86.1 Å². The number of fused-ring (bicyclic) bond motifs is 1. The number of pyridine rings is 5. The van der Waals surface area contributed by atoms with Gasteiger partial charge in [-0.3, -0.25) is 24.3 Å². The highest BCUT2D eigenvalue weighted by atomic mass is 35.5. The summed E-state index contributed by atoms with van der Waals surface area (Å²) in [6.45, 7) is 10.1. The fourth-order valence-corrected chi connectivity index (χ4v) is 11.5. The number of carbonyl (C=O) groups excluding carboxylic acids is 2. The van der Waals surface area contributed by atoms with Crippen molar-refractivity contribution in [3.05, 3.63) is 351 Å². The molecule has 8 aromatic carbocycles. The zero-order valence-corrected chi connectivity index (χ0v) is 69.3. The molecular formula is C82H81ClFN19O14S4. The number of nitrogens with two attached hydrogens (primary N) is 6. The second kappa shape index (κ2) is 43.8. The zero-order valence-electron chi connectivity index (χ0n) is 65.2. The Kier molecular flexibility index (Phi) is 34.0. The Morgan fingerprint density at radius 1 is 0.438 bits per heavy atom. The summed E-state index contributed by atoms with van der Waals surface area (Å²) in [6, 6.07) is 72.9. The van der Waals surface area contributed by atoms with Crippen LogP contribution in [0.5, 0.6) is 0 Å². The molecule has 0 bridgehead atoms. The van der Waals surface area contributed by atoms with E-state index in [2.05, 4.69) is 70.4 Å². The number of aromatic nitrogens is 7. The lowest BCUT2D eigenvalue weighted by Gasteiger charge is -2.12. The Morgan fingerprint density at radius 2 is 0.810 bits per heavy atom. The van der Waals surface area contributed by atoms with Gasteiger partial charge in [0.1, 0.15) is 29.0 Å². The summed E-state index contributed by atoms with van der Waals surface area (Å²) in [4.78, 5) is 66.6. The van der Waals surface area contributed by atoms with Gasteiger partial charge in [0.25, 0.3) is 17.1 Å². The number of nitrogens with zero attached hydrogens (tertiary/aromatic N) is 9. The molecule has 14 rings (SSSR count). The Morgan fingerprint density at radius 3 is 1.23 bits per heavy atom. The molecule has 0 aliphatic carbocycles. The highest BCUT2D eigenvalue weighted by Crippen LogP contribution is 2.31. The van der Waals surface area contributed by atoms with Gasteiger partial charge in [-0.15, -0.1) is 0 Å². The van der Waals surface area contributed by atoms with Crippen LogP contribution in [0.15, 0.2) is 300 Å². The van der Waals surface area contributed by atoms with Crippen molar-refractivity contribution in [1.82, 2.24) is 34.5 Å². The van der Waals surface area contributed by atoms with E-state index in [0.29, 0.717) is 28.8 Å². The van der Waals surface area contributed by atoms with Gasteiger partial charge in [-0.25, -0.2) is 79.1 Å². The number of amides is 1. The van der Waals surface area contributed by atoms with E-state index in [1.807, 2.05) is 166 Å². The minimum Gasteiger partial charge on any atom is -0.399 e. The van der Waals surface area contributed by atoms with Gasteiger partial charge in [0, 0.05) is 76.0 Å². The second-order valence-corrected chi connectivity index (χ2v) is 32.3. The molecular weight excluding hydrogens is 1660 g/mol. The Balaban J connectivity index is 0.000000199. The second-order valence-electron chi connectivity index (χ2n) is 25.6. The third-order valence-electron chi connectivity index (χ3n) is 15.8. The highest BCUT2D eigenvalue weighted by Gasteiger charge is 2.19. The van der Waals surface area contributed by atoms with Crippen molar-refractivity contribution in [2.24, 2.45) is 20.6 Å². The van der Waals surface area contributed by atoms with Crippen molar-refractivity contribution in [2.45, 2.75) is 49.3 Å². The molecule has 121 heavy (non-hydrogen) atoms. The predicted octanol–water partition coefficient (Wildman–Crippen LogP) is 14.2. The van der Waals surface area contributed by atoms with E-state index < -0.39 is 72.7 Å². The molecule has 0 fully saturated rings. The van der Waals surface area contributed by atoms with Gasteiger partial charge < -0.3 is 42.8 Å². The van der Waals surface area contributed by atoms with Crippen LogP contribution in [0.2, 0.25) is 0 Å². The molecule has 0 radical (unpaired) electrons. The number of primary sulfonamides is 4. The SMILES string of the molecule is CS(N)(=O)=O.Cc1ccc(-n2c(-c3ccc(S(N)(=O)=O)cc3)nc3cccnc32)cc1.Cc1ccc(N)cc1.Cc1ccc(Nc2cccnc2N)cc1.Cc1ccc(Nc2cccnc2NC(=O)c2ccc(S(N)(=O)=O)cc2)cc1.Cc1ccc(Nc2cccnc2[N+](=O)[O-])cc1.NS(=O)(=O)c1ccc(C(=O)Cl)cc1.O=[N+]([O-])c1cccnc1F. The first-order valence-corrected chi connectivity index (χ1v) is 42.2. The predicted molar refractivity (Wildman–Crippen MR) is 467 cm³/mol. The molecule has 0 aliphatic rings. The van der Waals surface area contributed by atoms with Gasteiger partial charge in [0.2, 0.25) is 40.1 Å². The molecule has 14 aromatic rings. The molecule has 1 amide bonds. The number of benzene rings is 8. The van der Waals surface area contributed by atoms with E-state index >= 15 is 0 Å². The summed E-state index contributed by atoms with van der Waals surface area (Å²) in [6.07, 6.45) is 8.46. The van der Waals surface area contributed by atoms with Gasteiger partial charge in [-0.05, 0) is 244 Å². The standard InChI is InChI=1S/C19H18N4O3S.C19H16N4O2S.C12H11N3O2.C12H13N3.C7H6ClNO3S.C7H9N.C5H3FN2O2.CH5NO2S/c1-13-4-8-15(9-5-13)22-17-3-2-12-21-18(17)23-19(24)14-6-10-16(11-7-14)27(20,25)26;1-13-4-8-15(9-5-13)23-18(22-17-3-2-12-21-19(17)23)14-6-10-16(11-7-14)26(20,24)25;1-9-4-6-10(7-5-9)14-11-3-2-8-13-12(11)15(16)17;1-9-4-6-10(7-5-9)15-11-3-2-8-14-12(11)13;8-7(10)5-1-3-6(4-2-5)13(9,11)12;1-6-2-4-7(8)5-3-6;6-5-4(8(9)10)2-1-3-7-5;1-5(2,3)4/h2-12,22H,1H3,(H2,20,25,26)(H,21,23,24);2-12H,1H3,(H2,20,24,25);2-8,14H,1H3;2-8,15H,1H3,(H2,13,14);1-4H,(H2,9,11,12);2-5H,8H2,1H3;1-3H;1H3,(H2,2,3,4). The number of halogens is 2. The van der Waals surface area contributed by atoms with Gasteiger partial charge in [-0.2, -0.15) is 4.39 Å². The number of nitrogen functional groups attached to an aromatic ring is 2. The van der Waals surface area contributed by atoms with Crippen molar-refractivity contribution in [2.75, 3.05) is 39.0 Å². The van der Waals surface area contributed by atoms with Crippen molar-refractivity contribution < 1.29 is 57.5 Å². The maximum Gasteiger partial charge on any atom is 0.387 e. The van der Waals surface area contributed by atoms with Crippen LogP contribution in [0.4, 0.5) is 67.3 Å².